The van der Waals surface area contributed by atoms with Gasteiger partial charge in [0.1, 0.15) is 5.75 Å². The number of benzene rings is 2. The summed E-state index contributed by atoms with van der Waals surface area (Å²) in [6, 6.07) is 16.6. The number of nitrogens with zero attached hydrogens (tertiary/aromatic N) is 1. The van der Waals surface area contributed by atoms with Crippen molar-refractivity contribution in [2.45, 2.75) is 25.8 Å². The highest BCUT2D eigenvalue weighted by Gasteiger charge is 2.21. The Balaban J connectivity index is 1.59. The third-order valence-electron chi connectivity index (χ3n) is 4.21. The van der Waals surface area contributed by atoms with Gasteiger partial charge in [-0.3, -0.25) is 4.99 Å². The fourth-order valence-electron chi connectivity index (χ4n) is 2.90. The Kier molecular flexibility index (Phi) is 4.81. The maximum absolute atomic E-state index is 6.06. The summed E-state index contributed by atoms with van der Waals surface area (Å²) >= 11 is 0. The molecule has 0 amide bonds. The van der Waals surface area contributed by atoms with Crippen molar-refractivity contribution in [1.29, 1.82) is 0 Å². The van der Waals surface area contributed by atoms with Crippen molar-refractivity contribution in [3.05, 3.63) is 65.2 Å². The molecule has 3 rings (SSSR count). The Morgan fingerprint density at radius 3 is 2.87 bits per heavy atom. The largest absolute Gasteiger partial charge is 0.493 e. The highest BCUT2D eigenvalue weighted by atomic mass is 16.5. The number of nitrogens with one attached hydrogen (secondary N) is 1. The zero-order chi connectivity index (χ0) is 16.1. The fourth-order valence-corrected chi connectivity index (χ4v) is 2.90. The van der Waals surface area contributed by atoms with Crippen molar-refractivity contribution in [3.8, 4) is 5.75 Å². The van der Waals surface area contributed by atoms with Crippen LogP contribution in [-0.4, -0.2) is 19.1 Å². The lowest BCUT2D eigenvalue weighted by atomic mass is 10.0. The van der Waals surface area contributed by atoms with Gasteiger partial charge in [-0.2, -0.15) is 0 Å². The van der Waals surface area contributed by atoms with Crippen molar-refractivity contribution in [2.24, 2.45) is 10.7 Å². The van der Waals surface area contributed by atoms with Crippen LogP contribution in [0.4, 0.5) is 0 Å². The number of fused-ring (bicyclic) bond motifs is 1. The van der Waals surface area contributed by atoms with Crippen LogP contribution in [0.2, 0.25) is 0 Å². The summed E-state index contributed by atoms with van der Waals surface area (Å²) in [6.45, 7) is 3.51. The van der Waals surface area contributed by atoms with Crippen LogP contribution in [0.1, 0.15) is 29.2 Å². The summed E-state index contributed by atoms with van der Waals surface area (Å²) in [5, 5.41) is 3.32. The Hall–Kier alpha value is -2.49. The molecule has 0 aromatic heterocycles. The van der Waals surface area contributed by atoms with E-state index in [2.05, 4.69) is 47.6 Å². The molecule has 0 radical (unpaired) electrons. The third-order valence-corrected chi connectivity index (χ3v) is 4.21. The molecule has 3 N–H and O–H groups in total. The van der Waals surface area contributed by atoms with E-state index in [4.69, 9.17) is 10.5 Å². The number of aliphatic imine (C=N–C) groups is 1. The minimum Gasteiger partial charge on any atom is -0.493 e. The number of ether oxygens (including phenoxy) is 1. The van der Waals surface area contributed by atoms with E-state index in [-0.39, 0.29) is 6.04 Å². The number of nitrogens with two attached hydrogens (primary N) is 1. The van der Waals surface area contributed by atoms with E-state index in [0.29, 0.717) is 19.1 Å². The van der Waals surface area contributed by atoms with Crippen LogP contribution in [0, 0.1) is 6.92 Å². The van der Waals surface area contributed by atoms with Gasteiger partial charge in [0.05, 0.1) is 12.6 Å². The van der Waals surface area contributed by atoms with E-state index in [9.17, 15) is 0 Å². The normalized spacial score (nSPS) is 17.3. The van der Waals surface area contributed by atoms with E-state index in [1.807, 2.05) is 18.2 Å². The lowest BCUT2D eigenvalue weighted by molar-refractivity contribution is 0.262. The van der Waals surface area contributed by atoms with Gasteiger partial charge in [-0.05, 0) is 30.5 Å². The van der Waals surface area contributed by atoms with Crippen LogP contribution >= 0.6 is 0 Å². The molecule has 120 valence electrons. The number of guanidine groups is 1. The minimum absolute atomic E-state index is 0.169. The van der Waals surface area contributed by atoms with Crippen molar-refractivity contribution in [1.82, 2.24) is 5.32 Å². The lowest BCUT2D eigenvalue weighted by Crippen LogP contribution is -2.37. The highest BCUT2D eigenvalue weighted by molar-refractivity contribution is 5.78. The molecule has 0 bridgehead atoms. The minimum atomic E-state index is 0.169. The van der Waals surface area contributed by atoms with Gasteiger partial charge >= 0.3 is 0 Å². The fraction of sp³-hybridized carbons (Fsp3) is 0.316. The summed E-state index contributed by atoms with van der Waals surface area (Å²) in [7, 11) is 0. The summed E-state index contributed by atoms with van der Waals surface area (Å²) in [4.78, 5) is 4.47. The smallest absolute Gasteiger partial charge is 0.189 e. The van der Waals surface area contributed by atoms with Crippen LogP contribution in [0.3, 0.4) is 0 Å². The standard InChI is InChI=1S/C19H23N3O/c1-14-6-2-3-7-15(14)10-12-21-19(20)22-17-11-13-23-18-9-5-4-8-16(17)18/h2-9,17H,10-13H2,1H3,(H3,20,21,22). The second-order valence-electron chi connectivity index (χ2n) is 5.82. The van der Waals surface area contributed by atoms with Crippen LogP contribution in [0.25, 0.3) is 0 Å². The van der Waals surface area contributed by atoms with Crippen LogP contribution < -0.4 is 15.8 Å². The second kappa shape index (κ2) is 7.18. The van der Waals surface area contributed by atoms with Crippen molar-refractivity contribution in [3.63, 3.8) is 0 Å². The van der Waals surface area contributed by atoms with Gasteiger partial charge in [0, 0.05) is 18.5 Å². The predicted octanol–water partition coefficient (Wildman–Crippen LogP) is 2.97. The monoisotopic (exact) mass is 309 g/mol. The predicted molar refractivity (Wildman–Crippen MR) is 93.8 cm³/mol. The zero-order valence-electron chi connectivity index (χ0n) is 13.5. The first-order valence-electron chi connectivity index (χ1n) is 8.07. The molecule has 1 unspecified atom stereocenters. The van der Waals surface area contributed by atoms with Gasteiger partial charge in [-0.15, -0.1) is 0 Å². The number of hydrogen-bond donors (Lipinski definition) is 2. The molecule has 2 aromatic carbocycles. The van der Waals surface area contributed by atoms with Crippen LogP contribution in [0.15, 0.2) is 53.5 Å². The van der Waals surface area contributed by atoms with Crippen molar-refractivity contribution in [2.75, 3.05) is 13.2 Å². The molecular weight excluding hydrogens is 286 g/mol. The first kappa shape index (κ1) is 15.4. The molecule has 0 fully saturated rings. The van der Waals surface area contributed by atoms with Crippen LogP contribution in [-0.2, 0) is 6.42 Å². The number of aryl methyl sites for hydroxylation is 1. The highest BCUT2D eigenvalue weighted by Crippen LogP contribution is 2.31. The van der Waals surface area contributed by atoms with Gasteiger partial charge in [0.15, 0.2) is 5.96 Å². The molecule has 4 heteroatoms. The summed E-state index contributed by atoms with van der Waals surface area (Å²) in [5.41, 5.74) is 9.83. The van der Waals surface area contributed by atoms with E-state index < -0.39 is 0 Å². The maximum atomic E-state index is 6.06. The average molecular weight is 309 g/mol. The van der Waals surface area contributed by atoms with Gasteiger partial charge < -0.3 is 15.8 Å². The number of hydrogen-bond acceptors (Lipinski definition) is 2. The Morgan fingerprint density at radius 1 is 1.22 bits per heavy atom. The molecule has 1 atom stereocenters. The Bertz CT molecular complexity index is 697. The molecule has 0 saturated carbocycles. The maximum Gasteiger partial charge on any atom is 0.189 e. The molecular formula is C19H23N3O. The molecule has 1 aliphatic heterocycles. The molecule has 1 heterocycles. The van der Waals surface area contributed by atoms with E-state index >= 15 is 0 Å². The van der Waals surface area contributed by atoms with Gasteiger partial charge in [-0.25, -0.2) is 0 Å². The van der Waals surface area contributed by atoms with Gasteiger partial charge in [0.25, 0.3) is 0 Å². The van der Waals surface area contributed by atoms with Crippen molar-refractivity contribution >= 4 is 5.96 Å². The zero-order valence-corrected chi connectivity index (χ0v) is 13.5. The Labute approximate surface area is 137 Å². The summed E-state index contributed by atoms with van der Waals surface area (Å²) < 4.78 is 5.67. The van der Waals surface area contributed by atoms with E-state index in [1.165, 1.54) is 11.1 Å². The van der Waals surface area contributed by atoms with Crippen LogP contribution in [0.5, 0.6) is 5.75 Å². The first-order valence-corrected chi connectivity index (χ1v) is 8.07. The summed E-state index contributed by atoms with van der Waals surface area (Å²) in [5.74, 6) is 1.43. The van der Waals surface area contributed by atoms with Crippen molar-refractivity contribution < 1.29 is 4.74 Å². The molecule has 2 aromatic rings. The molecule has 0 aliphatic carbocycles. The SMILES string of the molecule is Cc1ccccc1CCN=C(N)NC1CCOc2ccccc21. The molecule has 4 nitrogen and oxygen atoms in total. The molecule has 0 spiro atoms. The second-order valence-corrected chi connectivity index (χ2v) is 5.82. The third kappa shape index (κ3) is 3.83. The number of rotatable bonds is 4. The van der Waals surface area contributed by atoms with Gasteiger partial charge in [-0.1, -0.05) is 42.5 Å². The summed E-state index contributed by atoms with van der Waals surface area (Å²) in [6.07, 6.45) is 1.80. The van der Waals surface area contributed by atoms with Gasteiger partial charge in [0.2, 0.25) is 0 Å². The molecule has 0 saturated heterocycles. The van der Waals surface area contributed by atoms with E-state index in [1.54, 1.807) is 0 Å². The number of para-hydroxylation sites is 1. The topological polar surface area (TPSA) is 59.6 Å². The van der Waals surface area contributed by atoms with E-state index in [0.717, 1.165) is 24.2 Å². The Morgan fingerprint density at radius 2 is 2.00 bits per heavy atom. The molecule has 23 heavy (non-hydrogen) atoms. The molecule has 1 aliphatic rings. The first-order chi connectivity index (χ1) is 11.2. The quantitative estimate of drug-likeness (QED) is 0.674. The average Bonchev–Trinajstić information content (AvgIpc) is 2.57. The lowest BCUT2D eigenvalue weighted by Gasteiger charge is -2.26.